The highest BCUT2D eigenvalue weighted by Gasteiger charge is 2.47. The number of ether oxygens (including phenoxy) is 3. The molecule has 3 N–H and O–H groups in total. The van der Waals surface area contributed by atoms with Crippen molar-refractivity contribution in [1.29, 1.82) is 0 Å². The van der Waals surface area contributed by atoms with Crippen LogP contribution in [-0.4, -0.2) is 41.7 Å². The van der Waals surface area contributed by atoms with Gasteiger partial charge in [0.05, 0.1) is 30.1 Å². The van der Waals surface area contributed by atoms with E-state index in [0.29, 0.717) is 35.4 Å². The van der Waals surface area contributed by atoms with Crippen molar-refractivity contribution in [1.82, 2.24) is 9.97 Å². The quantitative estimate of drug-likeness (QED) is 0.572. The molecule has 9 nitrogen and oxygen atoms in total. The van der Waals surface area contributed by atoms with E-state index < -0.39 is 5.54 Å². The second-order valence-electron chi connectivity index (χ2n) is 8.36. The molecule has 3 aliphatic rings. The maximum absolute atomic E-state index is 12.7. The first-order valence-electron chi connectivity index (χ1n) is 11.0. The molecule has 1 amide bonds. The Morgan fingerprint density at radius 2 is 1.97 bits per heavy atom. The average Bonchev–Trinajstić information content (AvgIpc) is 3.27. The lowest BCUT2D eigenvalue weighted by atomic mass is 9.81. The number of carbonyl (C=O) groups excluding carboxylic acids is 1. The van der Waals surface area contributed by atoms with Crippen LogP contribution in [0.4, 0.5) is 5.69 Å². The number of amides is 1. The number of hydrogen-bond donors (Lipinski definition) is 2. The number of rotatable bonds is 3. The summed E-state index contributed by atoms with van der Waals surface area (Å²) in [5.41, 5.74) is 9.14. The molecule has 0 saturated carbocycles. The molecule has 1 atom stereocenters. The zero-order chi connectivity index (χ0) is 24.0. The van der Waals surface area contributed by atoms with Gasteiger partial charge in [-0.2, -0.15) is 0 Å². The van der Waals surface area contributed by atoms with Gasteiger partial charge in [-0.3, -0.25) is 9.78 Å². The highest BCUT2D eigenvalue weighted by molar-refractivity contribution is 6.30. The van der Waals surface area contributed by atoms with E-state index in [4.69, 9.17) is 36.5 Å². The summed E-state index contributed by atoms with van der Waals surface area (Å²) in [6.45, 7) is 1.38. The minimum atomic E-state index is -0.944. The molecule has 10 heteroatoms. The Kier molecular flexibility index (Phi) is 5.16. The lowest BCUT2D eigenvalue weighted by molar-refractivity contribution is 0.102. The van der Waals surface area contributed by atoms with Crippen LogP contribution in [0.25, 0.3) is 5.57 Å². The van der Waals surface area contributed by atoms with E-state index in [1.165, 1.54) is 6.20 Å². The van der Waals surface area contributed by atoms with Gasteiger partial charge in [-0.1, -0.05) is 17.7 Å². The first-order valence-corrected chi connectivity index (χ1v) is 11.4. The van der Waals surface area contributed by atoms with Crippen LogP contribution in [-0.2, 0) is 15.0 Å². The van der Waals surface area contributed by atoms with Crippen molar-refractivity contribution in [2.24, 2.45) is 10.7 Å². The second-order valence-corrected chi connectivity index (χ2v) is 8.80. The molecule has 1 spiro atoms. The summed E-state index contributed by atoms with van der Waals surface area (Å²) in [7, 11) is 0. The van der Waals surface area contributed by atoms with Crippen molar-refractivity contribution in [3.8, 4) is 11.5 Å². The summed E-state index contributed by atoms with van der Waals surface area (Å²) in [5.74, 6) is 0.786. The molecule has 0 radical (unpaired) electrons. The van der Waals surface area contributed by atoms with Crippen molar-refractivity contribution in [2.75, 3.05) is 25.1 Å². The number of aromatic nitrogens is 2. The Labute approximate surface area is 205 Å². The Balaban J connectivity index is 1.41. The Hall–Kier alpha value is -3.95. The first-order chi connectivity index (χ1) is 17.0. The van der Waals surface area contributed by atoms with E-state index in [2.05, 4.69) is 21.4 Å². The lowest BCUT2D eigenvalue weighted by Gasteiger charge is -2.34. The van der Waals surface area contributed by atoms with E-state index in [1.807, 2.05) is 12.1 Å². The number of anilines is 1. The molecule has 176 valence electrons. The number of aliphatic imine (C=N–C) groups is 1. The van der Waals surface area contributed by atoms with Crippen LogP contribution in [0.2, 0.25) is 5.02 Å². The third-order valence-corrected chi connectivity index (χ3v) is 6.37. The fraction of sp³-hybridized carbons (Fsp3) is 0.200. The topological polar surface area (TPSA) is 121 Å². The minimum absolute atomic E-state index is 0.0854. The Bertz CT molecular complexity index is 1410. The third-order valence-electron chi connectivity index (χ3n) is 6.15. The Morgan fingerprint density at radius 3 is 2.71 bits per heavy atom. The third kappa shape index (κ3) is 3.78. The van der Waals surface area contributed by atoms with Crippen LogP contribution in [0.15, 0.2) is 59.9 Å². The van der Waals surface area contributed by atoms with Gasteiger partial charge in [0.2, 0.25) is 0 Å². The van der Waals surface area contributed by atoms with Crippen LogP contribution in [0.3, 0.4) is 0 Å². The van der Waals surface area contributed by atoms with Gasteiger partial charge in [0.15, 0.2) is 11.3 Å². The number of nitrogens with two attached hydrogens (primary N) is 1. The highest BCUT2D eigenvalue weighted by Crippen LogP contribution is 2.51. The predicted octanol–water partition coefficient (Wildman–Crippen LogP) is 3.88. The molecule has 3 aromatic rings. The van der Waals surface area contributed by atoms with Crippen LogP contribution < -0.4 is 15.8 Å². The predicted molar refractivity (Wildman–Crippen MR) is 130 cm³/mol. The van der Waals surface area contributed by atoms with E-state index in [-0.39, 0.29) is 24.2 Å². The standard InChI is InChI=1S/C25H20ClN5O4/c26-15-3-5-19(28-10-15)23(32)30-16-4-6-21-17(8-16)25(13-34-24(27)31-25)18-9-20(29-11-22(18)35-21)14-2-1-7-33-12-14/h2-6,8-11H,1,7,12-13H2,(H2,27,31)(H,30,32)/t25-/m0/s1. The summed E-state index contributed by atoms with van der Waals surface area (Å²) >= 11 is 5.88. The minimum Gasteiger partial charge on any atom is -0.462 e. The van der Waals surface area contributed by atoms with Gasteiger partial charge in [0, 0.05) is 23.0 Å². The van der Waals surface area contributed by atoms with Gasteiger partial charge in [-0.25, -0.2) is 9.98 Å². The number of nitrogens with zero attached hydrogens (tertiary/aromatic N) is 3. The number of nitrogens with one attached hydrogen (secondary N) is 1. The molecule has 0 bridgehead atoms. The fourth-order valence-electron chi connectivity index (χ4n) is 4.45. The lowest BCUT2D eigenvalue weighted by Crippen LogP contribution is -2.31. The van der Waals surface area contributed by atoms with Gasteiger partial charge >= 0.3 is 0 Å². The summed E-state index contributed by atoms with van der Waals surface area (Å²) in [6, 6.07) is 10.6. The van der Waals surface area contributed by atoms with Crippen LogP contribution in [0.1, 0.15) is 33.7 Å². The number of fused-ring (bicyclic) bond motifs is 4. The van der Waals surface area contributed by atoms with Gasteiger partial charge in [0.1, 0.15) is 18.1 Å². The summed E-state index contributed by atoms with van der Waals surface area (Å²) in [4.78, 5) is 26.1. The molecular weight excluding hydrogens is 470 g/mol. The number of benzene rings is 1. The van der Waals surface area contributed by atoms with E-state index in [1.54, 1.807) is 30.5 Å². The van der Waals surface area contributed by atoms with E-state index in [0.717, 1.165) is 28.8 Å². The first kappa shape index (κ1) is 21.6. The molecule has 35 heavy (non-hydrogen) atoms. The largest absolute Gasteiger partial charge is 0.462 e. The van der Waals surface area contributed by atoms with Crippen molar-refractivity contribution in [2.45, 2.75) is 12.0 Å². The monoisotopic (exact) mass is 489 g/mol. The number of halogens is 1. The fourth-order valence-corrected chi connectivity index (χ4v) is 4.57. The number of carbonyl (C=O) groups is 1. The van der Waals surface area contributed by atoms with Crippen molar-refractivity contribution < 1.29 is 19.0 Å². The molecular formula is C25H20ClN5O4. The van der Waals surface area contributed by atoms with Gasteiger partial charge in [-0.15, -0.1) is 0 Å². The van der Waals surface area contributed by atoms with Crippen LogP contribution in [0, 0.1) is 0 Å². The molecule has 2 aromatic heterocycles. The maximum atomic E-state index is 12.7. The number of amidine groups is 1. The van der Waals surface area contributed by atoms with Crippen LogP contribution in [0.5, 0.6) is 11.5 Å². The van der Waals surface area contributed by atoms with Crippen molar-refractivity contribution in [3.63, 3.8) is 0 Å². The molecule has 6 rings (SSSR count). The molecule has 0 saturated heterocycles. The van der Waals surface area contributed by atoms with Crippen molar-refractivity contribution in [3.05, 3.63) is 82.4 Å². The molecule has 0 unspecified atom stereocenters. The van der Waals surface area contributed by atoms with Gasteiger partial charge in [0.25, 0.3) is 11.9 Å². The summed E-state index contributed by atoms with van der Waals surface area (Å²) in [5, 5.41) is 3.33. The zero-order valence-electron chi connectivity index (χ0n) is 18.5. The second kappa shape index (κ2) is 8.37. The van der Waals surface area contributed by atoms with E-state index >= 15 is 0 Å². The molecule has 0 aliphatic carbocycles. The summed E-state index contributed by atoms with van der Waals surface area (Å²) < 4.78 is 17.4. The highest BCUT2D eigenvalue weighted by atomic mass is 35.5. The molecule has 0 fully saturated rings. The normalized spacial score (nSPS) is 20.1. The number of pyridine rings is 2. The van der Waals surface area contributed by atoms with Crippen molar-refractivity contribution >= 4 is 34.8 Å². The SMILES string of the molecule is NC1=N[C@@]2(CO1)c1cc(NC(=O)c3ccc(Cl)cn3)ccc1Oc1cnc(C3=CCCOC3)cc12. The zero-order valence-corrected chi connectivity index (χ0v) is 19.2. The average molecular weight is 490 g/mol. The molecule has 1 aromatic carbocycles. The van der Waals surface area contributed by atoms with Gasteiger partial charge in [-0.05, 0) is 48.4 Å². The smallest absolute Gasteiger partial charge is 0.283 e. The molecule has 3 aliphatic heterocycles. The summed E-state index contributed by atoms with van der Waals surface area (Å²) in [6.07, 6.45) is 6.08. The Morgan fingerprint density at radius 1 is 1.09 bits per heavy atom. The van der Waals surface area contributed by atoms with Crippen LogP contribution >= 0.6 is 11.6 Å². The maximum Gasteiger partial charge on any atom is 0.283 e. The molecule has 5 heterocycles. The van der Waals surface area contributed by atoms with Gasteiger partial charge < -0.3 is 25.3 Å². The number of hydrogen-bond acceptors (Lipinski definition) is 8. The van der Waals surface area contributed by atoms with E-state index in [9.17, 15) is 4.79 Å².